The van der Waals surface area contributed by atoms with Gasteiger partial charge in [-0.25, -0.2) is 8.42 Å². The van der Waals surface area contributed by atoms with Crippen LogP contribution in [0.3, 0.4) is 0 Å². The summed E-state index contributed by atoms with van der Waals surface area (Å²) in [6.07, 6.45) is 3.54. The molecular weight excluding hydrogens is 408 g/mol. The molecule has 25 heavy (non-hydrogen) atoms. The summed E-state index contributed by atoms with van der Waals surface area (Å²) in [5.74, 6) is -0.968. The van der Waals surface area contributed by atoms with Gasteiger partial charge in [0, 0.05) is 4.47 Å². The summed E-state index contributed by atoms with van der Waals surface area (Å²) < 4.78 is 24.7. The monoisotopic (exact) mass is 432 g/mol. The number of aliphatic hydroxyl groups excluding tert-OH is 1. The molecule has 1 atom stereocenters. The lowest BCUT2D eigenvalue weighted by atomic mass is 9.77. The van der Waals surface area contributed by atoms with Gasteiger partial charge in [0.2, 0.25) is 0 Å². The summed E-state index contributed by atoms with van der Waals surface area (Å²) in [6, 6.07) is 7.33. The zero-order valence-corrected chi connectivity index (χ0v) is 16.8. The molecule has 0 aromatic heterocycles. The number of halogens is 1. The Morgan fingerprint density at radius 2 is 2.04 bits per heavy atom. The van der Waals surface area contributed by atoms with Gasteiger partial charge in [0.15, 0.2) is 9.84 Å². The zero-order chi connectivity index (χ0) is 18.7. The van der Waals surface area contributed by atoms with E-state index in [1.807, 2.05) is 24.3 Å². The van der Waals surface area contributed by atoms with Gasteiger partial charge in [-0.1, -0.05) is 34.5 Å². The van der Waals surface area contributed by atoms with Crippen molar-refractivity contribution in [3.8, 4) is 0 Å². The zero-order valence-electron chi connectivity index (χ0n) is 14.4. The smallest absolute Gasteiger partial charge is 0.313 e. The molecule has 1 saturated carbocycles. The number of hydrogen-bond donors (Lipinski definition) is 2. The molecule has 5 nitrogen and oxygen atoms in total. The summed E-state index contributed by atoms with van der Waals surface area (Å²) >= 11 is 3.38. The summed E-state index contributed by atoms with van der Waals surface area (Å²) in [5, 5.41) is 18.6. The molecule has 1 aromatic carbocycles. The number of sulfone groups is 1. The Bertz CT molecular complexity index is 727. The topological polar surface area (TPSA) is 91.7 Å². The van der Waals surface area contributed by atoms with Crippen molar-refractivity contribution in [1.82, 2.24) is 0 Å². The fourth-order valence-corrected chi connectivity index (χ4v) is 5.53. The van der Waals surface area contributed by atoms with E-state index >= 15 is 0 Å². The first-order valence-corrected chi connectivity index (χ1v) is 11.0. The minimum absolute atomic E-state index is 0.0984. The molecule has 1 aliphatic rings. The van der Waals surface area contributed by atoms with Gasteiger partial charge in [-0.3, -0.25) is 4.79 Å². The first kappa shape index (κ1) is 20.4. The second-order valence-electron chi connectivity index (χ2n) is 7.32. The highest BCUT2D eigenvalue weighted by Crippen LogP contribution is 2.51. The summed E-state index contributed by atoms with van der Waals surface area (Å²) in [4.78, 5) is 11.9. The van der Waals surface area contributed by atoms with Crippen LogP contribution in [0.25, 0.3) is 0 Å². The molecule has 140 valence electrons. The van der Waals surface area contributed by atoms with Crippen molar-refractivity contribution in [2.45, 2.75) is 44.4 Å². The number of carboxylic acid groups (broad SMARTS) is 1. The molecular formula is C18H25BrO5S. The highest BCUT2D eigenvalue weighted by molar-refractivity contribution is 9.10. The van der Waals surface area contributed by atoms with Crippen LogP contribution < -0.4 is 0 Å². The summed E-state index contributed by atoms with van der Waals surface area (Å²) in [6.45, 7) is 1.37. The van der Waals surface area contributed by atoms with E-state index in [1.54, 1.807) is 6.92 Å². The van der Waals surface area contributed by atoms with Crippen molar-refractivity contribution in [2.75, 3.05) is 18.1 Å². The molecule has 0 amide bonds. The molecule has 1 fully saturated rings. The van der Waals surface area contributed by atoms with Gasteiger partial charge in [0.1, 0.15) is 0 Å². The summed E-state index contributed by atoms with van der Waals surface area (Å²) in [7, 11) is -3.24. The molecule has 1 unspecified atom stereocenters. The van der Waals surface area contributed by atoms with Gasteiger partial charge in [-0.15, -0.1) is 0 Å². The first-order valence-electron chi connectivity index (χ1n) is 8.43. The van der Waals surface area contributed by atoms with Crippen molar-refractivity contribution in [1.29, 1.82) is 0 Å². The van der Waals surface area contributed by atoms with E-state index in [1.165, 1.54) is 0 Å². The van der Waals surface area contributed by atoms with Crippen molar-refractivity contribution >= 4 is 31.7 Å². The van der Waals surface area contributed by atoms with Gasteiger partial charge in [-0.05, 0) is 55.7 Å². The van der Waals surface area contributed by atoms with Gasteiger partial charge >= 0.3 is 5.97 Å². The van der Waals surface area contributed by atoms with Gasteiger partial charge in [0.25, 0.3) is 0 Å². The Morgan fingerprint density at radius 3 is 2.56 bits per heavy atom. The number of rotatable bonds is 10. The third-order valence-electron chi connectivity index (χ3n) is 5.20. The maximum atomic E-state index is 12.0. The molecule has 2 rings (SSSR count). The minimum atomic E-state index is -3.24. The minimum Gasteiger partial charge on any atom is -0.481 e. The Balaban J connectivity index is 2.02. The Kier molecular flexibility index (Phi) is 6.33. The quantitative estimate of drug-likeness (QED) is 0.592. The number of carbonyl (C=O) groups is 1. The third kappa shape index (κ3) is 5.28. The molecule has 0 aliphatic heterocycles. The van der Waals surface area contributed by atoms with Crippen LogP contribution in [0.15, 0.2) is 28.7 Å². The highest BCUT2D eigenvalue weighted by atomic mass is 79.9. The molecule has 0 spiro atoms. The maximum Gasteiger partial charge on any atom is 0.313 e. The summed E-state index contributed by atoms with van der Waals surface area (Å²) in [5.41, 5.74) is -0.471. The van der Waals surface area contributed by atoms with E-state index in [-0.39, 0.29) is 23.5 Å². The van der Waals surface area contributed by atoms with Crippen LogP contribution in [-0.4, -0.2) is 42.7 Å². The van der Waals surface area contributed by atoms with Crippen molar-refractivity contribution in [3.05, 3.63) is 34.3 Å². The lowest BCUT2D eigenvalue weighted by Crippen LogP contribution is -2.32. The molecule has 0 bridgehead atoms. The van der Waals surface area contributed by atoms with E-state index < -0.39 is 21.2 Å². The lowest BCUT2D eigenvalue weighted by Gasteiger charge is -2.26. The van der Waals surface area contributed by atoms with Crippen molar-refractivity contribution in [3.63, 3.8) is 0 Å². The van der Waals surface area contributed by atoms with E-state index in [9.17, 15) is 18.3 Å². The molecule has 0 heterocycles. The van der Waals surface area contributed by atoms with Crippen LogP contribution >= 0.6 is 15.9 Å². The van der Waals surface area contributed by atoms with Gasteiger partial charge < -0.3 is 10.2 Å². The Labute approximate surface area is 157 Å². The Hall–Kier alpha value is -0.920. The molecule has 2 N–H and O–H groups in total. The van der Waals surface area contributed by atoms with E-state index in [0.29, 0.717) is 19.3 Å². The fraction of sp³-hybridized carbons (Fsp3) is 0.611. The second-order valence-corrected chi connectivity index (χ2v) is 10.4. The number of benzene rings is 1. The van der Waals surface area contributed by atoms with Gasteiger partial charge in [-0.2, -0.15) is 0 Å². The predicted octanol–water partition coefficient (Wildman–Crippen LogP) is 3.15. The van der Waals surface area contributed by atoms with Crippen LogP contribution in [0.4, 0.5) is 0 Å². The first-order chi connectivity index (χ1) is 11.6. The van der Waals surface area contributed by atoms with E-state index in [0.717, 1.165) is 22.9 Å². The second kappa shape index (κ2) is 7.76. The van der Waals surface area contributed by atoms with Crippen LogP contribution in [0, 0.1) is 5.41 Å². The standard InChI is InChI=1S/C18H25BrO5S/c1-17(16(21)22,14-4-2-5-15(19)12-14)6-3-7-18(8-9-18)13-25(23,24)11-10-20/h2,4-5,12,20H,3,6-11,13H2,1H3,(H,21,22). The number of carboxylic acids is 1. The molecule has 1 aliphatic carbocycles. The average Bonchev–Trinajstić information content (AvgIpc) is 3.25. The number of aliphatic carboxylic acids is 1. The molecule has 7 heteroatoms. The SMILES string of the molecule is CC(CCCC1(CS(=O)(=O)CCO)CC1)(C(=O)O)c1cccc(Br)c1. The van der Waals surface area contributed by atoms with Gasteiger partial charge in [0.05, 0.1) is 23.5 Å². The molecule has 1 aromatic rings. The molecule has 0 saturated heterocycles. The maximum absolute atomic E-state index is 12.0. The molecule has 0 radical (unpaired) electrons. The van der Waals surface area contributed by atoms with E-state index in [4.69, 9.17) is 5.11 Å². The van der Waals surface area contributed by atoms with Crippen LogP contribution in [0.2, 0.25) is 0 Å². The largest absolute Gasteiger partial charge is 0.481 e. The fourth-order valence-electron chi connectivity index (χ4n) is 3.34. The average molecular weight is 433 g/mol. The van der Waals surface area contributed by atoms with Crippen molar-refractivity contribution < 1.29 is 23.4 Å². The number of aliphatic hydroxyl groups is 1. The normalized spacial score (nSPS) is 18.5. The van der Waals surface area contributed by atoms with Crippen LogP contribution in [0.5, 0.6) is 0 Å². The third-order valence-corrected chi connectivity index (χ3v) is 7.55. The Morgan fingerprint density at radius 1 is 1.36 bits per heavy atom. The van der Waals surface area contributed by atoms with E-state index in [2.05, 4.69) is 15.9 Å². The lowest BCUT2D eigenvalue weighted by molar-refractivity contribution is -0.143. The van der Waals surface area contributed by atoms with Crippen molar-refractivity contribution in [2.24, 2.45) is 5.41 Å². The number of hydrogen-bond acceptors (Lipinski definition) is 4. The highest BCUT2D eigenvalue weighted by Gasteiger charge is 2.46. The van der Waals surface area contributed by atoms with Crippen LogP contribution in [0.1, 0.15) is 44.6 Å². The predicted molar refractivity (Wildman–Crippen MR) is 100 cm³/mol. The van der Waals surface area contributed by atoms with Crippen LogP contribution in [-0.2, 0) is 20.0 Å².